The van der Waals surface area contributed by atoms with Crippen molar-refractivity contribution in [1.29, 1.82) is 0 Å². The molecule has 5 N–H and O–H groups in total. The molecule has 1 aliphatic rings. The molecule has 0 aromatic carbocycles. The van der Waals surface area contributed by atoms with Gasteiger partial charge in [0, 0.05) is 0 Å². The lowest BCUT2D eigenvalue weighted by Gasteiger charge is -2.21. The predicted octanol–water partition coefficient (Wildman–Crippen LogP) is -2.26. The zero-order valence-corrected chi connectivity index (χ0v) is 12.7. The molecule has 1 heterocycles. The maximum Gasteiger partial charge on any atom is 0.141 e. The van der Waals surface area contributed by atoms with Gasteiger partial charge < -0.3 is 14.2 Å². The first-order valence-electron chi connectivity index (χ1n) is 6.87. The Morgan fingerprint density at radius 1 is 0.913 bits per heavy atom. The van der Waals surface area contributed by atoms with Crippen molar-refractivity contribution in [1.82, 2.24) is 33.1 Å². The standard InChI is InChI=1S/C10H24N6O7/c1-2-3-19-10-16-15-23-14-13-22-12-11-20-8-6-17-4-5-18-7-9-21-16/h2,11-15H,1,3-10H2. The van der Waals surface area contributed by atoms with Crippen LogP contribution in [0.3, 0.4) is 0 Å². The number of ether oxygens (including phenoxy) is 3. The molecular formula is C10H24N6O7. The van der Waals surface area contributed by atoms with Crippen molar-refractivity contribution in [2.45, 2.75) is 0 Å². The Balaban J connectivity index is 2.22. The number of rotatable bonds is 4. The number of nitrogens with one attached hydrogen (secondary N) is 5. The van der Waals surface area contributed by atoms with Crippen molar-refractivity contribution in [3.05, 3.63) is 12.7 Å². The fraction of sp³-hybridized carbons (Fsp3) is 0.800. The van der Waals surface area contributed by atoms with Crippen LogP contribution in [0.15, 0.2) is 12.7 Å². The summed E-state index contributed by atoms with van der Waals surface area (Å²) in [5.41, 5.74) is 11.4. The third-order valence-corrected chi connectivity index (χ3v) is 2.08. The van der Waals surface area contributed by atoms with Gasteiger partial charge in [-0.2, -0.15) is 9.88 Å². The number of nitrogens with zero attached hydrogens (tertiary/aromatic N) is 1. The average Bonchev–Trinajstić information content (AvgIpc) is 2.56. The highest BCUT2D eigenvalue weighted by Crippen LogP contribution is 1.89. The smallest absolute Gasteiger partial charge is 0.141 e. The molecular weight excluding hydrogens is 316 g/mol. The molecule has 13 nitrogen and oxygen atoms in total. The summed E-state index contributed by atoms with van der Waals surface area (Å²) < 4.78 is 15.8. The maximum absolute atomic E-state index is 5.35. The molecule has 1 rings (SSSR count). The van der Waals surface area contributed by atoms with Crippen LogP contribution in [0, 0.1) is 0 Å². The van der Waals surface area contributed by atoms with Crippen molar-refractivity contribution >= 4 is 0 Å². The van der Waals surface area contributed by atoms with Crippen molar-refractivity contribution < 1.29 is 33.8 Å². The van der Waals surface area contributed by atoms with E-state index in [4.69, 9.17) is 28.8 Å². The summed E-state index contributed by atoms with van der Waals surface area (Å²) in [6.45, 7) is 6.28. The Hall–Kier alpha value is -0.780. The van der Waals surface area contributed by atoms with E-state index >= 15 is 0 Å². The van der Waals surface area contributed by atoms with Crippen LogP contribution in [0.1, 0.15) is 0 Å². The lowest BCUT2D eigenvalue weighted by atomic mass is 10.7. The number of hydrogen-bond donors (Lipinski definition) is 5. The summed E-state index contributed by atoms with van der Waals surface area (Å²) >= 11 is 0. The van der Waals surface area contributed by atoms with Crippen LogP contribution in [-0.2, 0) is 33.8 Å². The first kappa shape index (κ1) is 20.3. The van der Waals surface area contributed by atoms with Gasteiger partial charge in [-0.15, -0.1) is 12.2 Å². The van der Waals surface area contributed by atoms with Gasteiger partial charge in [-0.1, -0.05) is 33.6 Å². The minimum Gasteiger partial charge on any atom is -0.377 e. The summed E-state index contributed by atoms with van der Waals surface area (Å²) in [5.74, 6) is 0. The van der Waals surface area contributed by atoms with Gasteiger partial charge in [0.2, 0.25) is 0 Å². The molecule has 136 valence electrons. The zero-order chi connectivity index (χ0) is 16.4. The number of hydrazine groups is 3. The highest BCUT2D eigenvalue weighted by atomic mass is 17.0. The lowest BCUT2D eigenvalue weighted by molar-refractivity contribution is -0.334. The molecule has 0 atom stereocenters. The van der Waals surface area contributed by atoms with Crippen molar-refractivity contribution in [2.24, 2.45) is 0 Å². The highest BCUT2D eigenvalue weighted by molar-refractivity contribution is 4.63. The fourth-order valence-corrected chi connectivity index (χ4v) is 1.18. The minimum atomic E-state index is 0.0886. The van der Waals surface area contributed by atoms with Crippen molar-refractivity contribution in [3.63, 3.8) is 0 Å². The van der Waals surface area contributed by atoms with Gasteiger partial charge in [0.15, 0.2) is 0 Å². The molecule has 0 radical (unpaired) electrons. The van der Waals surface area contributed by atoms with Crippen LogP contribution in [-0.4, -0.2) is 58.2 Å². The molecule has 1 aliphatic heterocycles. The summed E-state index contributed by atoms with van der Waals surface area (Å²) in [5, 5.41) is 1.20. The second-order valence-corrected chi connectivity index (χ2v) is 3.78. The van der Waals surface area contributed by atoms with Gasteiger partial charge >= 0.3 is 0 Å². The van der Waals surface area contributed by atoms with E-state index in [1.165, 1.54) is 5.17 Å². The average molecular weight is 340 g/mol. The SMILES string of the molecule is C=CCOCN1NONNONNOCCOCCOCCO1. The van der Waals surface area contributed by atoms with Gasteiger partial charge in [-0.3, -0.25) is 9.68 Å². The van der Waals surface area contributed by atoms with E-state index in [2.05, 4.69) is 39.5 Å². The van der Waals surface area contributed by atoms with E-state index in [1.54, 1.807) is 6.08 Å². The lowest BCUT2D eigenvalue weighted by Crippen LogP contribution is -2.49. The summed E-state index contributed by atoms with van der Waals surface area (Å²) in [6.07, 6.45) is 1.61. The first-order valence-corrected chi connectivity index (χ1v) is 6.87. The molecule has 1 saturated heterocycles. The molecule has 13 heteroatoms. The zero-order valence-electron chi connectivity index (χ0n) is 12.7. The summed E-state index contributed by atoms with van der Waals surface area (Å²) in [6, 6.07) is 0. The Morgan fingerprint density at radius 2 is 1.61 bits per heavy atom. The van der Waals surface area contributed by atoms with Crippen molar-refractivity contribution in [3.8, 4) is 0 Å². The van der Waals surface area contributed by atoms with E-state index in [-0.39, 0.29) is 13.3 Å². The molecule has 0 saturated carbocycles. The van der Waals surface area contributed by atoms with Crippen LogP contribution in [0.4, 0.5) is 0 Å². The predicted molar refractivity (Wildman–Crippen MR) is 74.2 cm³/mol. The molecule has 0 unspecified atom stereocenters. The second kappa shape index (κ2) is 16.1. The highest BCUT2D eigenvalue weighted by Gasteiger charge is 2.05. The molecule has 0 bridgehead atoms. The summed E-state index contributed by atoms with van der Waals surface area (Å²) in [7, 11) is 0. The third-order valence-electron chi connectivity index (χ3n) is 2.08. The van der Waals surface area contributed by atoms with Crippen LogP contribution in [0.25, 0.3) is 0 Å². The Labute approximate surface area is 133 Å². The third kappa shape index (κ3) is 13.4. The Morgan fingerprint density at radius 3 is 2.43 bits per heavy atom. The molecule has 0 aromatic heterocycles. The largest absolute Gasteiger partial charge is 0.377 e. The quantitative estimate of drug-likeness (QED) is 0.279. The molecule has 23 heavy (non-hydrogen) atoms. The maximum atomic E-state index is 5.35. The van der Waals surface area contributed by atoms with E-state index in [0.29, 0.717) is 39.6 Å². The van der Waals surface area contributed by atoms with Crippen LogP contribution >= 0.6 is 0 Å². The minimum absolute atomic E-state index is 0.0886. The van der Waals surface area contributed by atoms with E-state index in [9.17, 15) is 0 Å². The van der Waals surface area contributed by atoms with Gasteiger partial charge in [0.25, 0.3) is 0 Å². The molecule has 0 aromatic rings. The topological polar surface area (TPSA) is 128 Å². The fourth-order valence-electron chi connectivity index (χ4n) is 1.18. The first-order chi connectivity index (χ1) is 11.4. The molecule has 0 spiro atoms. The van der Waals surface area contributed by atoms with E-state index in [1.807, 2.05) is 0 Å². The van der Waals surface area contributed by atoms with Gasteiger partial charge in [-0.25, -0.2) is 0 Å². The van der Waals surface area contributed by atoms with E-state index in [0.717, 1.165) is 0 Å². The van der Waals surface area contributed by atoms with Gasteiger partial charge in [0.05, 0.1) is 46.2 Å². The van der Waals surface area contributed by atoms with Crippen LogP contribution < -0.4 is 27.9 Å². The summed E-state index contributed by atoms with van der Waals surface area (Å²) in [4.78, 5) is 19.7. The number of hydroxylamine groups is 1. The second-order valence-electron chi connectivity index (χ2n) is 3.78. The Bertz CT molecular complexity index is 260. The van der Waals surface area contributed by atoms with Gasteiger partial charge in [0.1, 0.15) is 6.73 Å². The van der Waals surface area contributed by atoms with Crippen molar-refractivity contribution in [2.75, 3.05) is 53.0 Å². The molecule has 0 amide bonds. The normalized spacial score (nSPS) is 22.1. The molecule has 1 fully saturated rings. The van der Waals surface area contributed by atoms with Crippen LogP contribution in [0.2, 0.25) is 0 Å². The number of hydrogen-bond acceptors (Lipinski definition) is 13. The van der Waals surface area contributed by atoms with Gasteiger partial charge in [-0.05, 0) is 0 Å². The van der Waals surface area contributed by atoms with E-state index < -0.39 is 0 Å². The molecule has 0 aliphatic carbocycles. The Kier molecular flexibility index (Phi) is 14.2. The monoisotopic (exact) mass is 340 g/mol. The van der Waals surface area contributed by atoms with Crippen LogP contribution in [0.5, 0.6) is 0 Å².